The summed E-state index contributed by atoms with van der Waals surface area (Å²) in [6.07, 6.45) is -4.78. The smallest absolute Gasteiger partial charge is 0.133 e. The highest BCUT2D eigenvalue weighted by molar-refractivity contribution is 5.79. The lowest BCUT2D eigenvalue weighted by molar-refractivity contribution is -0.232. The third-order valence-electron chi connectivity index (χ3n) is 7.60. The van der Waals surface area contributed by atoms with Crippen molar-refractivity contribution in [1.82, 2.24) is 0 Å². The zero-order valence-electron chi connectivity index (χ0n) is 22.1. The molecule has 8 N–H and O–H groups in total. The summed E-state index contributed by atoms with van der Waals surface area (Å²) in [5.41, 5.74) is 2.76. The Kier molecular flexibility index (Phi) is 11.0. The summed E-state index contributed by atoms with van der Waals surface area (Å²) in [5, 5.41) is 79.0. The molecule has 1 aliphatic rings. The van der Waals surface area contributed by atoms with Gasteiger partial charge in [-0.15, -0.1) is 0 Å². The van der Waals surface area contributed by atoms with Gasteiger partial charge in [0.2, 0.25) is 0 Å². The molecule has 0 amide bonds. The van der Waals surface area contributed by atoms with Crippen molar-refractivity contribution in [3.8, 4) is 5.75 Å². The maximum absolute atomic E-state index is 12.3. The zero-order valence-corrected chi connectivity index (χ0v) is 22.1. The number of aryl methyl sites for hydroxylation is 2. The van der Waals surface area contributed by atoms with Crippen LogP contribution >= 0.6 is 0 Å². The molecule has 2 aromatic carbocycles. The number of hydrogen-bond acceptors (Lipinski definition) is 10. The van der Waals surface area contributed by atoms with Crippen LogP contribution < -0.4 is 0 Å². The van der Waals surface area contributed by atoms with Crippen LogP contribution in [-0.4, -0.2) is 97.5 Å². The van der Waals surface area contributed by atoms with E-state index in [0.717, 1.165) is 22.3 Å². The second kappa shape index (κ2) is 13.8. The molecule has 10 heteroatoms. The monoisotopic (exact) mass is 548 g/mol. The van der Waals surface area contributed by atoms with E-state index >= 15 is 0 Å². The fraction of sp³-hybridized carbons (Fsp3) is 0.552. The summed E-state index contributed by atoms with van der Waals surface area (Å²) in [4.78, 5) is 12.3. The minimum Gasteiger partial charge on any atom is -0.508 e. The summed E-state index contributed by atoms with van der Waals surface area (Å²) >= 11 is 0. The number of carbonyl (C=O) groups is 1. The lowest BCUT2D eigenvalue weighted by Crippen LogP contribution is -2.55. The molecule has 39 heavy (non-hydrogen) atoms. The van der Waals surface area contributed by atoms with E-state index in [-0.39, 0.29) is 29.9 Å². The molecule has 0 saturated carbocycles. The number of Topliss-reactive ketones (excluding diaryl/α,β-unsaturated/α-hetero) is 1. The molecule has 216 valence electrons. The van der Waals surface area contributed by atoms with Crippen molar-refractivity contribution in [1.29, 1.82) is 0 Å². The van der Waals surface area contributed by atoms with Crippen LogP contribution in [0.5, 0.6) is 5.75 Å². The third kappa shape index (κ3) is 7.41. The van der Waals surface area contributed by atoms with Crippen LogP contribution in [-0.2, 0) is 22.4 Å². The van der Waals surface area contributed by atoms with Crippen LogP contribution in [0.4, 0.5) is 0 Å². The second-order valence-corrected chi connectivity index (χ2v) is 10.6. The number of benzene rings is 2. The molecule has 10 nitrogen and oxygen atoms in total. The number of aromatic hydroxyl groups is 1. The number of phenolic OH excluding ortho intramolecular Hbond substituents is 1. The van der Waals surface area contributed by atoms with E-state index < -0.39 is 62.4 Å². The molecule has 1 heterocycles. The number of rotatable bonds is 13. The van der Waals surface area contributed by atoms with Gasteiger partial charge in [-0.05, 0) is 60.6 Å². The van der Waals surface area contributed by atoms with Crippen LogP contribution in [0.15, 0.2) is 36.4 Å². The summed E-state index contributed by atoms with van der Waals surface area (Å²) in [7, 11) is 0. The fourth-order valence-electron chi connectivity index (χ4n) is 4.89. The van der Waals surface area contributed by atoms with Gasteiger partial charge in [-0.2, -0.15) is 0 Å². The van der Waals surface area contributed by atoms with E-state index in [1.807, 2.05) is 31.2 Å². The lowest BCUT2D eigenvalue weighted by Gasteiger charge is -2.40. The normalized spacial score (nSPS) is 23.6. The van der Waals surface area contributed by atoms with Crippen molar-refractivity contribution >= 4 is 5.78 Å². The van der Waals surface area contributed by atoms with Gasteiger partial charge in [-0.25, -0.2) is 0 Å². The second-order valence-electron chi connectivity index (χ2n) is 10.6. The average molecular weight is 549 g/mol. The molecule has 3 rings (SSSR count). The SMILES string of the molecule is Cc1cc(O)c([C@@H]2O[C@H](CO)[C@H](O)[C@H](O)[C@H]2O)cc1Cc1ccc(CCCC(=O)CC(CO)(CO)CO)cc1. The van der Waals surface area contributed by atoms with E-state index in [2.05, 4.69) is 0 Å². The van der Waals surface area contributed by atoms with Crippen molar-refractivity contribution in [3.63, 3.8) is 0 Å². The van der Waals surface area contributed by atoms with Gasteiger partial charge < -0.3 is 45.6 Å². The van der Waals surface area contributed by atoms with E-state index in [4.69, 9.17) is 4.74 Å². The van der Waals surface area contributed by atoms with Gasteiger partial charge in [0.15, 0.2) is 0 Å². The van der Waals surface area contributed by atoms with Crippen LogP contribution in [0, 0.1) is 12.3 Å². The molecule has 0 bridgehead atoms. The first-order chi connectivity index (χ1) is 18.6. The first-order valence-electron chi connectivity index (χ1n) is 13.1. The molecule has 1 saturated heterocycles. The molecule has 0 unspecified atom stereocenters. The van der Waals surface area contributed by atoms with Gasteiger partial charge in [0.05, 0.1) is 26.4 Å². The van der Waals surface area contributed by atoms with Gasteiger partial charge in [-0.1, -0.05) is 24.3 Å². The molecular weight excluding hydrogens is 508 g/mol. The molecule has 1 aliphatic heterocycles. The Balaban J connectivity index is 1.64. The Hall–Kier alpha value is -2.41. The fourth-order valence-corrected chi connectivity index (χ4v) is 4.89. The predicted molar refractivity (Wildman–Crippen MR) is 141 cm³/mol. The molecular formula is C29H40O10. The highest BCUT2D eigenvalue weighted by Crippen LogP contribution is 2.38. The summed E-state index contributed by atoms with van der Waals surface area (Å²) < 4.78 is 5.63. The Morgan fingerprint density at radius 3 is 2.10 bits per heavy atom. The van der Waals surface area contributed by atoms with Crippen LogP contribution in [0.3, 0.4) is 0 Å². The number of carbonyl (C=O) groups excluding carboxylic acids is 1. The molecule has 0 aromatic heterocycles. The quantitative estimate of drug-likeness (QED) is 0.170. The Morgan fingerprint density at radius 1 is 0.897 bits per heavy atom. The molecule has 0 radical (unpaired) electrons. The first-order valence-corrected chi connectivity index (χ1v) is 13.1. The highest BCUT2D eigenvalue weighted by Gasteiger charge is 2.44. The number of ketones is 1. The predicted octanol–water partition coefficient (Wildman–Crippen LogP) is 0.0515. The third-order valence-corrected chi connectivity index (χ3v) is 7.60. The van der Waals surface area contributed by atoms with Gasteiger partial charge in [0, 0.05) is 23.8 Å². The van der Waals surface area contributed by atoms with Crippen LogP contribution in [0.25, 0.3) is 0 Å². The summed E-state index contributed by atoms with van der Waals surface area (Å²) in [6.45, 7) is -0.0973. The number of ether oxygens (including phenoxy) is 1. The Bertz CT molecular complexity index is 1070. The molecule has 0 spiro atoms. The lowest BCUT2D eigenvalue weighted by atomic mass is 9.84. The number of phenols is 1. The largest absolute Gasteiger partial charge is 0.508 e. The summed E-state index contributed by atoms with van der Waals surface area (Å²) in [5.74, 6) is -0.249. The maximum Gasteiger partial charge on any atom is 0.133 e. The van der Waals surface area contributed by atoms with Crippen LogP contribution in [0.2, 0.25) is 0 Å². The molecule has 2 aromatic rings. The summed E-state index contributed by atoms with van der Waals surface area (Å²) in [6, 6.07) is 11.1. The van der Waals surface area contributed by atoms with Gasteiger partial charge in [0.25, 0.3) is 0 Å². The van der Waals surface area contributed by atoms with Crippen molar-refractivity contribution in [2.24, 2.45) is 5.41 Å². The highest BCUT2D eigenvalue weighted by atomic mass is 16.5. The van der Waals surface area contributed by atoms with Crippen molar-refractivity contribution in [3.05, 3.63) is 64.2 Å². The Morgan fingerprint density at radius 2 is 1.51 bits per heavy atom. The van der Waals surface area contributed by atoms with Gasteiger partial charge in [-0.3, -0.25) is 4.79 Å². The van der Waals surface area contributed by atoms with E-state index in [9.17, 15) is 45.6 Å². The number of aliphatic hydroxyl groups excluding tert-OH is 7. The van der Waals surface area contributed by atoms with E-state index in [0.29, 0.717) is 19.3 Å². The zero-order chi connectivity index (χ0) is 28.7. The van der Waals surface area contributed by atoms with Crippen molar-refractivity contribution < 1.29 is 50.4 Å². The number of aliphatic hydroxyl groups is 7. The maximum atomic E-state index is 12.3. The minimum atomic E-state index is -1.55. The van der Waals surface area contributed by atoms with Gasteiger partial charge >= 0.3 is 0 Å². The van der Waals surface area contributed by atoms with Crippen molar-refractivity contribution in [2.75, 3.05) is 26.4 Å². The molecule has 5 atom stereocenters. The number of hydrogen-bond donors (Lipinski definition) is 8. The van der Waals surface area contributed by atoms with Crippen molar-refractivity contribution in [2.45, 2.75) is 69.5 Å². The van der Waals surface area contributed by atoms with Crippen LogP contribution in [0.1, 0.15) is 53.2 Å². The topological polar surface area (TPSA) is 188 Å². The average Bonchev–Trinajstić information content (AvgIpc) is 2.93. The van der Waals surface area contributed by atoms with Gasteiger partial charge in [0.1, 0.15) is 42.1 Å². The van der Waals surface area contributed by atoms with E-state index in [1.54, 1.807) is 12.1 Å². The Labute approximate surface area is 227 Å². The standard InChI is InChI=1S/C29H40O10/c1-17-9-23(35)22(28-27(38)26(37)25(36)24(13-30)39-28)11-20(17)10-19-7-5-18(6-8-19)3-2-4-21(34)12-29(14-31,15-32)16-33/h5-9,11,24-28,30-33,35-38H,2-4,10,12-16H2,1H3/t24-,25+,26+,27-,28+/m1/s1. The minimum absolute atomic E-state index is 0.0769. The molecule has 0 aliphatic carbocycles. The molecule has 1 fully saturated rings. The first kappa shape index (κ1) is 31.1. The van der Waals surface area contributed by atoms with E-state index in [1.165, 1.54) is 0 Å².